The first kappa shape index (κ1) is 49.0. The van der Waals surface area contributed by atoms with Crippen LogP contribution >= 0.6 is 23.4 Å². The molecule has 3 amide bonds. The van der Waals surface area contributed by atoms with Crippen molar-refractivity contribution < 1.29 is 19.5 Å². The van der Waals surface area contributed by atoms with Gasteiger partial charge in [0.05, 0.1) is 46.9 Å². The number of aromatic nitrogens is 6. The van der Waals surface area contributed by atoms with Gasteiger partial charge in [-0.05, 0) is 75.6 Å². The number of anilines is 2. The van der Waals surface area contributed by atoms with Crippen molar-refractivity contribution in [3.63, 3.8) is 0 Å². The number of aliphatic hydroxyl groups excluding tert-OH is 1. The van der Waals surface area contributed by atoms with E-state index in [4.69, 9.17) is 17.3 Å². The van der Waals surface area contributed by atoms with Crippen LogP contribution in [0.2, 0.25) is 5.02 Å². The molecule has 4 aliphatic heterocycles. The van der Waals surface area contributed by atoms with Crippen LogP contribution in [-0.2, 0) is 14.4 Å². The van der Waals surface area contributed by atoms with Crippen LogP contribution in [0.1, 0.15) is 88.2 Å². The van der Waals surface area contributed by atoms with Crippen molar-refractivity contribution in [2.75, 3.05) is 75.2 Å². The SMILES string of the molecule is Cc1cn([C@H](C(=O)N2C[C@H](O)C[C@H]2C(=O)N[C@@H](CCN2CCN(C(=O)C3CCN(c4nccc(Sc5cnc(N6CCC(C)(N)CC6)cn5)c4Cl)CC3)CC2)c2ccc(C#N)cc2)C(C)C)nn1. The fraction of sp³-hybridized carbons (Fsp3) is 0.562. The van der Waals surface area contributed by atoms with Gasteiger partial charge in [0, 0.05) is 101 Å². The number of piperidine rings is 2. The minimum Gasteiger partial charge on any atom is -0.391 e. The number of carbonyl (C=O) groups excluding carboxylic acids is 3. The van der Waals surface area contributed by atoms with Crippen molar-refractivity contribution in [3.8, 4) is 6.07 Å². The Morgan fingerprint density at radius 1 is 0.985 bits per heavy atom. The van der Waals surface area contributed by atoms with E-state index in [0.717, 1.165) is 47.2 Å². The lowest BCUT2D eigenvalue weighted by Crippen LogP contribution is -2.52. The molecular formula is C48H63ClN14O4S. The number of β-amino-alcohol motifs (C(OH)–C–C–N with tert-alkyl or cyclic N) is 1. The van der Waals surface area contributed by atoms with Gasteiger partial charge in [0.2, 0.25) is 17.7 Å². The van der Waals surface area contributed by atoms with Crippen LogP contribution in [0.3, 0.4) is 0 Å². The summed E-state index contributed by atoms with van der Waals surface area (Å²) in [6.45, 7) is 14.1. The zero-order valence-corrected chi connectivity index (χ0v) is 40.9. The number of rotatable bonds is 14. The number of nitriles is 1. The summed E-state index contributed by atoms with van der Waals surface area (Å²) in [5, 5.41) is 33.0. The van der Waals surface area contributed by atoms with E-state index in [1.807, 2.05) is 43.1 Å². The molecule has 4 aromatic rings. The summed E-state index contributed by atoms with van der Waals surface area (Å²) in [5.41, 5.74) is 8.20. The van der Waals surface area contributed by atoms with Crippen LogP contribution in [0.25, 0.3) is 0 Å². The van der Waals surface area contributed by atoms with E-state index < -0.39 is 24.2 Å². The average Bonchev–Trinajstić information content (AvgIpc) is 3.96. The van der Waals surface area contributed by atoms with Gasteiger partial charge in [-0.15, -0.1) is 5.10 Å². The van der Waals surface area contributed by atoms with Gasteiger partial charge in [-0.2, -0.15) is 5.26 Å². The molecular weight excluding hydrogens is 904 g/mol. The van der Waals surface area contributed by atoms with Gasteiger partial charge < -0.3 is 35.8 Å². The summed E-state index contributed by atoms with van der Waals surface area (Å²) < 4.78 is 1.54. The first-order valence-corrected chi connectivity index (χ1v) is 25.0. The van der Waals surface area contributed by atoms with Crippen LogP contribution in [0.15, 0.2) is 65.0 Å². The quantitative estimate of drug-likeness (QED) is 0.161. The van der Waals surface area contributed by atoms with Gasteiger partial charge in [-0.3, -0.25) is 19.3 Å². The van der Waals surface area contributed by atoms with Gasteiger partial charge in [0.25, 0.3) is 0 Å². The Hall–Kier alpha value is -5.39. The molecule has 0 aliphatic carbocycles. The molecule has 0 bridgehead atoms. The summed E-state index contributed by atoms with van der Waals surface area (Å²) in [6.07, 6.45) is 10.1. The summed E-state index contributed by atoms with van der Waals surface area (Å²) in [5.74, 6) is 0.859. The molecule has 4 atom stereocenters. The molecule has 4 saturated heterocycles. The first-order chi connectivity index (χ1) is 32.7. The van der Waals surface area contributed by atoms with Crippen LogP contribution in [0, 0.1) is 30.1 Å². The fourth-order valence-corrected chi connectivity index (χ4v) is 10.9. The first-order valence-electron chi connectivity index (χ1n) is 23.8. The van der Waals surface area contributed by atoms with Gasteiger partial charge in [0.15, 0.2) is 0 Å². The molecule has 20 heteroatoms. The smallest absolute Gasteiger partial charge is 0.248 e. The van der Waals surface area contributed by atoms with Gasteiger partial charge in [0.1, 0.15) is 28.7 Å². The van der Waals surface area contributed by atoms with Crippen molar-refractivity contribution in [1.82, 2.24) is 50.0 Å². The molecule has 7 heterocycles. The van der Waals surface area contributed by atoms with Crippen LogP contribution in [0.5, 0.6) is 0 Å². The largest absolute Gasteiger partial charge is 0.391 e. The van der Waals surface area contributed by atoms with Crippen LogP contribution in [-0.4, -0.2) is 151 Å². The minimum absolute atomic E-state index is 0.0401. The highest BCUT2D eigenvalue weighted by Gasteiger charge is 2.43. The lowest BCUT2D eigenvalue weighted by molar-refractivity contribution is -0.142. The average molecular weight is 968 g/mol. The summed E-state index contributed by atoms with van der Waals surface area (Å²) in [7, 11) is 0. The third-order valence-corrected chi connectivity index (χ3v) is 15.3. The number of benzene rings is 1. The third-order valence-electron chi connectivity index (χ3n) is 13.9. The van der Waals surface area contributed by atoms with E-state index in [-0.39, 0.29) is 48.1 Å². The standard InChI is InChI=1S/C48H63ClN14O4S/c1-31(2)43(63-29-32(3)56-57-63)47(67)62-30-36(64)25-38(62)45(65)55-37(34-7-5-33(26-50)6-8-34)12-16-58-21-23-61(24-22-58)46(66)35-10-17-60(18-11-35)44-42(49)39(9-15-52-44)68-41-28-53-40(27-54-41)59-19-13-48(4,51)14-20-59/h5-9,15,27-29,31,35-38,43,64H,10-14,16-25,30,51H2,1-4H3,(H,55,65)/t36-,37+,38+,43+/m1/s1. The van der Waals surface area contributed by atoms with E-state index in [1.54, 1.807) is 37.6 Å². The van der Waals surface area contributed by atoms with Crippen LogP contribution in [0.4, 0.5) is 11.6 Å². The molecule has 4 fully saturated rings. The van der Waals surface area contributed by atoms with Crippen molar-refractivity contribution in [2.24, 2.45) is 17.6 Å². The van der Waals surface area contributed by atoms with Gasteiger partial charge in [-0.25, -0.2) is 19.6 Å². The number of amides is 3. The zero-order chi connectivity index (χ0) is 48.1. The number of pyridine rings is 1. The molecule has 0 spiro atoms. The lowest BCUT2D eigenvalue weighted by atomic mass is 9.91. The summed E-state index contributed by atoms with van der Waals surface area (Å²) in [6, 6.07) is 9.23. The zero-order valence-electron chi connectivity index (χ0n) is 39.4. The number of nitrogens with one attached hydrogen (secondary N) is 1. The second-order valence-corrected chi connectivity index (χ2v) is 20.8. The Bertz CT molecular complexity index is 2420. The van der Waals surface area contributed by atoms with E-state index in [0.29, 0.717) is 87.2 Å². The normalized spacial score (nSPS) is 21.2. The number of carbonyl (C=O) groups is 3. The van der Waals surface area contributed by atoms with Crippen molar-refractivity contribution in [3.05, 3.63) is 77.0 Å². The molecule has 0 unspecified atom stereocenters. The number of aryl methyl sites for hydroxylation is 1. The maximum Gasteiger partial charge on any atom is 0.248 e. The molecule has 1 aromatic carbocycles. The number of nitrogens with two attached hydrogens (primary N) is 1. The lowest BCUT2D eigenvalue weighted by Gasteiger charge is -2.39. The van der Waals surface area contributed by atoms with Crippen molar-refractivity contribution in [1.29, 1.82) is 5.26 Å². The predicted molar refractivity (Wildman–Crippen MR) is 259 cm³/mol. The number of hydrogen-bond acceptors (Lipinski definition) is 15. The van der Waals surface area contributed by atoms with Crippen molar-refractivity contribution >= 4 is 52.7 Å². The Morgan fingerprint density at radius 2 is 1.71 bits per heavy atom. The van der Waals surface area contributed by atoms with E-state index in [9.17, 15) is 24.8 Å². The molecule has 0 saturated carbocycles. The molecule has 68 heavy (non-hydrogen) atoms. The second-order valence-electron chi connectivity index (χ2n) is 19.3. The number of piperazine rings is 1. The number of likely N-dealkylation sites (tertiary alicyclic amines) is 1. The monoisotopic (exact) mass is 966 g/mol. The fourth-order valence-electron chi connectivity index (χ4n) is 9.76. The second kappa shape index (κ2) is 21.5. The summed E-state index contributed by atoms with van der Waals surface area (Å²) >= 11 is 8.44. The Balaban J connectivity index is 0.828. The number of nitrogens with zero attached hydrogens (tertiary/aromatic N) is 12. The minimum atomic E-state index is -0.873. The van der Waals surface area contributed by atoms with Gasteiger partial charge in [-0.1, -0.05) is 54.6 Å². The maximum absolute atomic E-state index is 14.1. The van der Waals surface area contributed by atoms with Crippen LogP contribution < -0.4 is 20.9 Å². The highest BCUT2D eigenvalue weighted by Crippen LogP contribution is 2.38. The molecule has 18 nitrogen and oxygen atoms in total. The molecule has 8 rings (SSSR count). The molecule has 0 radical (unpaired) electrons. The Labute approximate surface area is 407 Å². The number of aliphatic hydroxyl groups is 1. The molecule has 3 aromatic heterocycles. The Morgan fingerprint density at radius 3 is 2.34 bits per heavy atom. The maximum atomic E-state index is 14.1. The predicted octanol–water partition coefficient (Wildman–Crippen LogP) is 4.23. The Kier molecular flexibility index (Phi) is 15.5. The van der Waals surface area contributed by atoms with Gasteiger partial charge >= 0.3 is 0 Å². The highest BCUT2D eigenvalue weighted by atomic mass is 35.5. The molecule has 4 N–H and O–H groups in total. The number of halogens is 1. The van der Waals surface area contributed by atoms with E-state index in [1.165, 1.54) is 21.3 Å². The van der Waals surface area contributed by atoms with E-state index >= 15 is 0 Å². The third kappa shape index (κ3) is 11.5. The molecule has 4 aliphatic rings. The summed E-state index contributed by atoms with van der Waals surface area (Å²) in [4.78, 5) is 67.1. The molecule has 362 valence electrons. The highest BCUT2D eigenvalue weighted by molar-refractivity contribution is 7.99. The van der Waals surface area contributed by atoms with Crippen molar-refractivity contribution in [2.45, 2.75) is 106 Å². The topological polar surface area (TPSA) is 219 Å². The number of hydrogen-bond donors (Lipinski definition) is 3. The van der Waals surface area contributed by atoms with E-state index in [2.05, 4.69) is 58.3 Å².